The Morgan fingerprint density at radius 1 is 1.19 bits per heavy atom. The molecule has 0 radical (unpaired) electrons. The standard InChI is InChI=1S/C16H26N4O/c1-4-13(2)20-16(17-3)19-12-8-11-18-15(21)14-9-6-5-7-10-14/h5-7,9-10,13H,4,8,11-12H2,1-3H3,(H,18,21)(H2,17,19,20)/t13-/m0/s1. The quantitative estimate of drug-likeness (QED) is 0.407. The zero-order chi connectivity index (χ0) is 15.5. The van der Waals surface area contributed by atoms with Crippen molar-refractivity contribution in [2.75, 3.05) is 20.1 Å². The van der Waals surface area contributed by atoms with E-state index in [9.17, 15) is 4.79 Å². The number of nitrogens with one attached hydrogen (secondary N) is 3. The van der Waals surface area contributed by atoms with Crippen LogP contribution in [0.4, 0.5) is 0 Å². The summed E-state index contributed by atoms with van der Waals surface area (Å²) in [7, 11) is 1.76. The van der Waals surface area contributed by atoms with Crippen LogP contribution in [0.25, 0.3) is 0 Å². The molecule has 0 aliphatic rings. The van der Waals surface area contributed by atoms with Crippen molar-refractivity contribution < 1.29 is 4.79 Å². The van der Waals surface area contributed by atoms with Crippen molar-refractivity contribution >= 4 is 11.9 Å². The molecule has 1 rings (SSSR count). The molecule has 0 bridgehead atoms. The maximum absolute atomic E-state index is 11.8. The van der Waals surface area contributed by atoms with Crippen LogP contribution >= 0.6 is 0 Å². The Kier molecular flexibility index (Phi) is 7.94. The van der Waals surface area contributed by atoms with Crippen molar-refractivity contribution in [3.05, 3.63) is 35.9 Å². The van der Waals surface area contributed by atoms with Crippen LogP contribution in [-0.4, -0.2) is 38.0 Å². The second kappa shape index (κ2) is 9.80. The van der Waals surface area contributed by atoms with Crippen LogP contribution in [0.3, 0.4) is 0 Å². The van der Waals surface area contributed by atoms with E-state index in [1.807, 2.05) is 30.3 Å². The Bertz CT molecular complexity index is 445. The van der Waals surface area contributed by atoms with Gasteiger partial charge in [-0.15, -0.1) is 0 Å². The predicted octanol–water partition coefficient (Wildman–Crippen LogP) is 1.77. The highest BCUT2D eigenvalue weighted by atomic mass is 16.1. The fourth-order valence-corrected chi connectivity index (χ4v) is 1.72. The first-order valence-electron chi connectivity index (χ1n) is 7.47. The minimum atomic E-state index is -0.0299. The molecule has 0 aliphatic carbocycles. The van der Waals surface area contributed by atoms with Gasteiger partial charge in [-0.3, -0.25) is 9.79 Å². The third-order valence-corrected chi connectivity index (χ3v) is 3.19. The minimum Gasteiger partial charge on any atom is -0.356 e. The van der Waals surface area contributed by atoms with E-state index in [0.717, 1.165) is 25.3 Å². The van der Waals surface area contributed by atoms with Gasteiger partial charge >= 0.3 is 0 Å². The molecule has 5 heteroatoms. The van der Waals surface area contributed by atoms with Crippen molar-refractivity contribution in [1.29, 1.82) is 0 Å². The number of benzene rings is 1. The normalized spacial score (nSPS) is 12.6. The van der Waals surface area contributed by atoms with Gasteiger partial charge in [0.15, 0.2) is 5.96 Å². The summed E-state index contributed by atoms with van der Waals surface area (Å²) in [4.78, 5) is 16.0. The summed E-state index contributed by atoms with van der Waals surface area (Å²) in [5, 5.41) is 9.43. The molecule has 1 atom stereocenters. The summed E-state index contributed by atoms with van der Waals surface area (Å²) in [5.74, 6) is 0.774. The first-order chi connectivity index (χ1) is 10.2. The van der Waals surface area contributed by atoms with Crippen LogP contribution < -0.4 is 16.0 Å². The number of nitrogens with zero attached hydrogens (tertiary/aromatic N) is 1. The third-order valence-electron chi connectivity index (χ3n) is 3.19. The Morgan fingerprint density at radius 3 is 2.48 bits per heavy atom. The highest BCUT2D eigenvalue weighted by Crippen LogP contribution is 1.97. The van der Waals surface area contributed by atoms with Gasteiger partial charge < -0.3 is 16.0 Å². The highest BCUT2D eigenvalue weighted by molar-refractivity contribution is 5.94. The molecular weight excluding hydrogens is 264 g/mol. The van der Waals surface area contributed by atoms with Gasteiger partial charge in [-0.2, -0.15) is 0 Å². The molecule has 0 fully saturated rings. The Morgan fingerprint density at radius 2 is 1.86 bits per heavy atom. The number of aliphatic imine (C=N–C) groups is 1. The maximum atomic E-state index is 11.8. The number of rotatable bonds is 7. The first-order valence-corrected chi connectivity index (χ1v) is 7.47. The summed E-state index contributed by atoms with van der Waals surface area (Å²) < 4.78 is 0. The number of carbonyl (C=O) groups is 1. The fraction of sp³-hybridized carbons (Fsp3) is 0.500. The van der Waals surface area contributed by atoms with Gasteiger partial charge in [-0.1, -0.05) is 25.1 Å². The minimum absolute atomic E-state index is 0.0299. The van der Waals surface area contributed by atoms with Gasteiger partial charge in [0, 0.05) is 31.7 Å². The average molecular weight is 290 g/mol. The molecule has 116 valence electrons. The SMILES string of the molecule is CC[C@H](C)NC(=NC)NCCCNC(=O)c1ccccc1. The van der Waals surface area contributed by atoms with Crippen molar-refractivity contribution in [3.8, 4) is 0 Å². The summed E-state index contributed by atoms with van der Waals surface area (Å²) in [6, 6.07) is 9.64. The van der Waals surface area contributed by atoms with E-state index in [0.29, 0.717) is 18.2 Å². The Hall–Kier alpha value is -2.04. The van der Waals surface area contributed by atoms with Crippen LogP contribution in [0.1, 0.15) is 37.0 Å². The van der Waals surface area contributed by atoms with Crippen molar-refractivity contribution in [3.63, 3.8) is 0 Å². The predicted molar refractivity (Wildman–Crippen MR) is 87.6 cm³/mol. The van der Waals surface area contributed by atoms with E-state index < -0.39 is 0 Å². The topological polar surface area (TPSA) is 65.5 Å². The summed E-state index contributed by atoms with van der Waals surface area (Å²) in [6.45, 7) is 5.66. The summed E-state index contributed by atoms with van der Waals surface area (Å²) in [6.07, 6.45) is 1.90. The maximum Gasteiger partial charge on any atom is 0.251 e. The Labute approximate surface area is 127 Å². The molecule has 0 saturated heterocycles. The lowest BCUT2D eigenvalue weighted by atomic mass is 10.2. The second-order valence-electron chi connectivity index (χ2n) is 4.93. The largest absolute Gasteiger partial charge is 0.356 e. The van der Waals surface area contributed by atoms with Gasteiger partial charge in [-0.25, -0.2) is 0 Å². The van der Waals surface area contributed by atoms with Gasteiger partial charge in [0.2, 0.25) is 0 Å². The molecule has 1 amide bonds. The molecule has 1 aromatic carbocycles. The van der Waals surface area contributed by atoms with Crippen LogP contribution in [-0.2, 0) is 0 Å². The molecule has 0 heterocycles. The lowest BCUT2D eigenvalue weighted by Crippen LogP contribution is -2.42. The second-order valence-corrected chi connectivity index (χ2v) is 4.93. The monoisotopic (exact) mass is 290 g/mol. The lowest BCUT2D eigenvalue weighted by Gasteiger charge is -2.16. The number of hydrogen-bond donors (Lipinski definition) is 3. The molecule has 0 spiro atoms. The first kappa shape index (κ1) is 17.0. The molecule has 1 aromatic rings. The zero-order valence-electron chi connectivity index (χ0n) is 13.1. The van der Waals surface area contributed by atoms with Gasteiger partial charge in [0.1, 0.15) is 0 Å². The van der Waals surface area contributed by atoms with E-state index in [4.69, 9.17) is 0 Å². The third kappa shape index (κ3) is 6.79. The highest BCUT2D eigenvalue weighted by Gasteiger charge is 2.04. The van der Waals surface area contributed by atoms with E-state index in [1.165, 1.54) is 0 Å². The fourth-order valence-electron chi connectivity index (χ4n) is 1.72. The summed E-state index contributed by atoms with van der Waals surface area (Å²) >= 11 is 0. The molecular formula is C16H26N4O. The molecule has 0 saturated carbocycles. The number of carbonyl (C=O) groups excluding carboxylic acids is 1. The van der Waals surface area contributed by atoms with Crippen LogP contribution in [0, 0.1) is 0 Å². The van der Waals surface area contributed by atoms with Crippen LogP contribution in [0.2, 0.25) is 0 Å². The van der Waals surface area contributed by atoms with Gasteiger partial charge in [0.25, 0.3) is 5.91 Å². The zero-order valence-corrected chi connectivity index (χ0v) is 13.1. The molecule has 21 heavy (non-hydrogen) atoms. The summed E-state index contributed by atoms with van der Waals surface area (Å²) in [5.41, 5.74) is 0.694. The van der Waals surface area contributed by atoms with E-state index in [-0.39, 0.29) is 5.91 Å². The van der Waals surface area contributed by atoms with E-state index in [2.05, 4.69) is 34.8 Å². The van der Waals surface area contributed by atoms with Crippen LogP contribution in [0.15, 0.2) is 35.3 Å². The van der Waals surface area contributed by atoms with Crippen molar-refractivity contribution in [2.45, 2.75) is 32.7 Å². The molecule has 5 nitrogen and oxygen atoms in total. The molecule has 0 unspecified atom stereocenters. The van der Waals surface area contributed by atoms with Crippen molar-refractivity contribution in [2.24, 2.45) is 4.99 Å². The number of guanidine groups is 1. The molecule has 0 aromatic heterocycles. The van der Waals surface area contributed by atoms with Gasteiger partial charge in [0.05, 0.1) is 0 Å². The molecule has 3 N–H and O–H groups in total. The molecule has 0 aliphatic heterocycles. The number of amides is 1. The Balaban J connectivity index is 2.18. The smallest absolute Gasteiger partial charge is 0.251 e. The van der Waals surface area contributed by atoms with Crippen LogP contribution in [0.5, 0.6) is 0 Å². The van der Waals surface area contributed by atoms with E-state index >= 15 is 0 Å². The number of hydrogen-bond acceptors (Lipinski definition) is 2. The van der Waals surface area contributed by atoms with Crippen molar-refractivity contribution in [1.82, 2.24) is 16.0 Å². The van der Waals surface area contributed by atoms with E-state index in [1.54, 1.807) is 7.05 Å². The van der Waals surface area contributed by atoms with Gasteiger partial charge in [-0.05, 0) is 31.9 Å². The average Bonchev–Trinajstić information content (AvgIpc) is 2.53. The lowest BCUT2D eigenvalue weighted by molar-refractivity contribution is 0.0953.